The van der Waals surface area contributed by atoms with Crippen LogP contribution < -0.4 is 10.1 Å². The van der Waals surface area contributed by atoms with Crippen molar-refractivity contribution in [1.82, 2.24) is 0 Å². The Hall–Kier alpha value is -2.54. The second-order valence-electron chi connectivity index (χ2n) is 4.43. The summed E-state index contributed by atoms with van der Waals surface area (Å²) in [5.41, 5.74) is 2.70. The van der Waals surface area contributed by atoms with Crippen LogP contribution in [0.15, 0.2) is 36.4 Å². The minimum atomic E-state index is -0.279. The molecular formula is C16H15FN2O. The van der Waals surface area contributed by atoms with E-state index in [-0.39, 0.29) is 5.82 Å². The Bertz CT molecular complexity index is 642. The second-order valence-corrected chi connectivity index (χ2v) is 4.43. The maximum Gasteiger partial charge on any atom is 0.146 e. The molecule has 0 atom stereocenters. The number of nitrogens with one attached hydrogen (secondary N) is 1. The van der Waals surface area contributed by atoms with Gasteiger partial charge in [-0.1, -0.05) is 18.2 Å². The van der Waals surface area contributed by atoms with Crippen LogP contribution in [0, 0.1) is 24.1 Å². The van der Waals surface area contributed by atoms with E-state index in [0.717, 1.165) is 11.1 Å². The summed E-state index contributed by atoms with van der Waals surface area (Å²) >= 11 is 0. The third-order valence-electron chi connectivity index (χ3n) is 3.08. The molecule has 0 fully saturated rings. The normalized spacial score (nSPS) is 9.90. The van der Waals surface area contributed by atoms with Gasteiger partial charge >= 0.3 is 0 Å². The van der Waals surface area contributed by atoms with Crippen molar-refractivity contribution in [2.45, 2.75) is 13.5 Å². The fraction of sp³-hybridized carbons (Fsp3) is 0.188. The maximum absolute atomic E-state index is 13.7. The van der Waals surface area contributed by atoms with Gasteiger partial charge in [-0.15, -0.1) is 0 Å². The molecule has 2 aromatic rings. The van der Waals surface area contributed by atoms with E-state index >= 15 is 0 Å². The van der Waals surface area contributed by atoms with Crippen LogP contribution in [0.2, 0.25) is 0 Å². The summed E-state index contributed by atoms with van der Waals surface area (Å²) in [4.78, 5) is 0. The Kier molecular flexibility index (Phi) is 4.21. The summed E-state index contributed by atoms with van der Waals surface area (Å²) < 4.78 is 18.8. The molecule has 0 saturated carbocycles. The predicted molar refractivity (Wildman–Crippen MR) is 76.2 cm³/mol. The lowest BCUT2D eigenvalue weighted by Crippen LogP contribution is -2.03. The third-order valence-corrected chi connectivity index (χ3v) is 3.08. The van der Waals surface area contributed by atoms with Gasteiger partial charge < -0.3 is 10.1 Å². The van der Waals surface area contributed by atoms with Crippen LogP contribution in [0.4, 0.5) is 10.1 Å². The van der Waals surface area contributed by atoms with Crippen molar-refractivity contribution in [2.24, 2.45) is 0 Å². The number of nitrogens with zero attached hydrogens (tertiary/aromatic N) is 1. The number of benzene rings is 2. The topological polar surface area (TPSA) is 45.0 Å². The Morgan fingerprint density at radius 1 is 1.30 bits per heavy atom. The van der Waals surface area contributed by atoms with Crippen molar-refractivity contribution in [1.29, 1.82) is 5.26 Å². The number of nitriles is 1. The summed E-state index contributed by atoms with van der Waals surface area (Å²) in [6.07, 6.45) is 0. The van der Waals surface area contributed by atoms with Crippen LogP contribution in [0.25, 0.3) is 0 Å². The first-order valence-electron chi connectivity index (χ1n) is 6.21. The number of aryl methyl sites for hydroxylation is 1. The molecule has 0 radical (unpaired) electrons. The zero-order chi connectivity index (χ0) is 14.5. The summed E-state index contributed by atoms with van der Waals surface area (Å²) in [7, 11) is 1.52. The predicted octanol–water partition coefficient (Wildman–Crippen LogP) is 3.63. The van der Waals surface area contributed by atoms with E-state index in [9.17, 15) is 4.39 Å². The summed E-state index contributed by atoms with van der Waals surface area (Å²) in [5.74, 6) is 0.261. The molecule has 4 heteroatoms. The molecule has 2 aromatic carbocycles. The highest BCUT2D eigenvalue weighted by molar-refractivity contribution is 5.53. The molecule has 2 rings (SSSR count). The molecule has 20 heavy (non-hydrogen) atoms. The minimum absolute atomic E-state index is 0.279. The number of para-hydroxylation sites is 1. The number of ether oxygens (including phenoxy) is 1. The lowest BCUT2D eigenvalue weighted by atomic mass is 10.1. The van der Waals surface area contributed by atoms with Gasteiger partial charge in [-0.05, 0) is 36.2 Å². The van der Waals surface area contributed by atoms with Crippen molar-refractivity contribution < 1.29 is 9.13 Å². The lowest BCUT2D eigenvalue weighted by molar-refractivity contribution is 0.413. The van der Waals surface area contributed by atoms with E-state index in [4.69, 9.17) is 10.00 Å². The molecule has 0 aromatic heterocycles. The minimum Gasteiger partial charge on any atom is -0.495 e. The van der Waals surface area contributed by atoms with Gasteiger partial charge in [0.1, 0.15) is 17.6 Å². The van der Waals surface area contributed by atoms with E-state index in [2.05, 4.69) is 11.4 Å². The molecule has 0 saturated heterocycles. The number of hydrogen-bond acceptors (Lipinski definition) is 3. The van der Waals surface area contributed by atoms with Gasteiger partial charge in [-0.3, -0.25) is 0 Å². The van der Waals surface area contributed by atoms with Gasteiger partial charge in [-0.25, -0.2) is 4.39 Å². The fourth-order valence-electron chi connectivity index (χ4n) is 2.00. The average Bonchev–Trinajstić information content (AvgIpc) is 2.46. The highest BCUT2D eigenvalue weighted by Gasteiger charge is 2.06. The summed E-state index contributed by atoms with van der Waals surface area (Å²) in [5, 5.41) is 12.1. The number of methoxy groups -OCH3 is 1. The standard InChI is InChI=1S/C16H15FN2O/c1-11-4-3-5-14(17)16(11)19-10-12-6-7-15(20-2)13(8-12)9-18/h3-8,19H,10H2,1-2H3. The Balaban J connectivity index is 2.18. The van der Waals surface area contributed by atoms with Crippen LogP contribution in [-0.2, 0) is 6.54 Å². The van der Waals surface area contributed by atoms with Crippen molar-refractivity contribution >= 4 is 5.69 Å². The molecule has 0 aliphatic rings. The van der Waals surface area contributed by atoms with Crippen LogP contribution >= 0.6 is 0 Å². The molecule has 0 bridgehead atoms. The molecule has 0 aliphatic carbocycles. The van der Waals surface area contributed by atoms with E-state index in [1.807, 2.05) is 19.1 Å². The monoisotopic (exact) mass is 270 g/mol. The molecule has 0 heterocycles. The van der Waals surface area contributed by atoms with E-state index < -0.39 is 0 Å². The van der Waals surface area contributed by atoms with Crippen LogP contribution in [0.3, 0.4) is 0 Å². The number of rotatable bonds is 4. The Morgan fingerprint density at radius 3 is 2.75 bits per heavy atom. The maximum atomic E-state index is 13.7. The van der Waals surface area contributed by atoms with E-state index in [0.29, 0.717) is 23.5 Å². The van der Waals surface area contributed by atoms with Crippen molar-refractivity contribution in [3.8, 4) is 11.8 Å². The van der Waals surface area contributed by atoms with E-state index in [1.165, 1.54) is 13.2 Å². The smallest absolute Gasteiger partial charge is 0.146 e. The van der Waals surface area contributed by atoms with Gasteiger partial charge in [0.05, 0.1) is 18.4 Å². The van der Waals surface area contributed by atoms with Crippen LogP contribution in [0.1, 0.15) is 16.7 Å². The molecule has 0 unspecified atom stereocenters. The second kappa shape index (κ2) is 6.07. The summed E-state index contributed by atoms with van der Waals surface area (Å²) in [6, 6.07) is 12.4. The van der Waals surface area contributed by atoms with Gasteiger partial charge in [0.2, 0.25) is 0 Å². The molecular weight excluding hydrogens is 255 g/mol. The Morgan fingerprint density at radius 2 is 2.10 bits per heavy atom. The highest BCUT2D eigenvalue weighted by atomic mass is 19.1. The summed E-state index contributed by atoms with van der Waals surface area (Å²) in [6.45, 7) is 2.29. The third kappa shape index (κ3) is 2.89. The average molecular weight is 270 g/mol. The molecule has 3 nitrogen and oxygen atoms in total. The SMILES string of the molecule is COc1ccc(CNc2c(C)cccc2F)cc1C#N. The van der Waals surface area contributed by atoms with Crippen LogP contribution in [0.5, 0.6) is 5.75 Å². The molecule has 102 valence electrons. The van der Waals surface area contributed by atoms with Crippen molar-refractivity contribution in [3.05, 3.63) is 58.9 Å². The van der Waals surface area contributed by atoms with Crippen LogP contribution in [-0.4, -0.2) is 7.11 Å². The first-order chi connectivity index (χ1) is 9.65. The largest absolute Gasteiger partial charge is 0.495 e. The van der Waals surface area contributed by atoms with Crippen molar-refractivity contribution in [2.75, 3.05) is 12.4 Å². The van der Waals surface area contributed by atoms with Gasteiger partial charge in [-0.2, -0.15) is 5.26 Å². The number of hydrogen-bond donors (Lipinski definition) is 1. The molecule has 0 spiro atoms. The van der Waals surface area contributed by atoms with Crippen molar-refractivity contribution in [3.63, 3.8) is 0 Å². The Labute approximate surface area is 117 Å². The first kappa shape index (κ1) is 13.9. The number of anilines is 1. The van der Waals surface area contributed by atoms with Gasteiger partial charge in [0, 0.05) is 6.54 Å². The van der Waals surface area contributed by atoms with E-state index in [1.54, 1.807) is 18.2 Å². The zero-order valence-electron chi connectivity index (χ0n) is 11.4. The van der Waals surface area contributed by atoms with Gasteiger partial charge in [0.15, 0.2) is 0 Å². The van der Waals surface area contributed by atoms with Gasteiger partial charge in [0.25, 0.3) is 0 Å². The molecule has 0 amide bonds. The fourth-order valence-corrected chi connectivity index (χ4v) is 2.00. The lowest BCUT2D eigenvalue weighted by Gasteiger charge is -2.11. The molecule has 1 N–H and O–H groups in total. The highest BCUT2D eigenvalue weighted by Crippen LogP contribution is 2.22. The quantitative estimate of drug-likeness (QED) is 0.922. The number of halogens is 1. The molecule has 0 aliphatic heterocycles. The zero-order valence-corrected chi connectivity index (χ0v) is 11.4. The first-order valence-corrected chi connectivity index (χ1v) is 6.21.